The summed E-state index contributed by atoms with van der Waals surface area (Å²) >= 11 is 0. The summed E-state index contributed by atoms with van der Waals surface area (Å²) in [5.74, 6) is 0.344. The number of anilines is 1. The third-order valence-electron chi connectivity index (χ3n) is 4.43. The zero-order valence-electron chi connectivity index (χ0n) is 13.7. The molecule has 1 aliphatic rings. The molecule has 1 aromatic carbocycles. The first-order valence-electron chi connectivity index (χ1n) is 8.22. The molecule has 1 fully saturated rings. The molecule has 126 valence electrons. The summed E-state index contributed by atoms with van der Waals surface area (Å²) in [7, 11) is 0. The van der Waals surface area contributed by atoms with Crippen molar-refractivity contribution in [2.45, 2.75) is 25.8 Å². The normalized spacial score (nSPS) is 16.7. The monoisotopic (exact) mass is 328 g/mol. The van der Waals surface area contributed by atoms with E-state index < -0.39 is 0 Å². The van der Waals surface area contributed by atoms with E-state index in [4.69, 9.17) is 0 Å². The van der Waals surface area contributed by atoms with Crippen LogP contribution >= 0.6 is 0 Å². The number of hydrogen-bond acceptors (Lipinski definition) is 4. The van der Waals surface area contributed by atoms with Gasteiger partial charge in [-0.05, 0) is 31.9 Å². The molecule has 1 aliphatic heterocycles. The third kappa shape index (κ3) is 3.69. The van der Waals surface area contributed by atoms with Crippen molar-refractivity contribution in [3.8, 4) is 0 Å². The number of amides is 1. The van der Waals surface area contributed by atoms with Gasteiger partial charge in [0.2, 0.25) is 11.9 Å². The van der Waals surface area contributed by atoms with Crippen molar-refractivity contribution in [1.29, 1.82) is 0 Å². The quantitative estimate of drug-likeness (QED) is 0.937. The molecule has 5 nitrogen and oxygen atoms in total. The molecule has 0 radical (unpaired) electrons. The number of hydrogen-bond donors (Lipinski definition) is 1. The van der Waals surface area contributed by atoms with E-state index >= 15 is 0 Å². The zero-order valence-corrected chi connectivity index (χ0v) is 13.7. The number of carbonyl (C=O) groups is 1. The van der Waals surface area contributed by atoms with Crippen LogP contribution in [-0.2, 0) is 4.79 Å². The van der Waals surface area contributed by atoms with Crippen LogP contribution in [0.1, 0.15) is 31.4 Å². The van der Waals surface area contributed by atoms with E-state index in [0.29, 0.717) is 11.5 Å². The van der Waals surface area contributed by atoms with E-state index in [9.17, 15) is 9.18 Å². The zero-order chi connectivity index (χ0) is 16.9. The molecule has 24 heavy (non-hydrogen) atoms. The number of nitrogens with one attached hydrogen (secondary N) is 1. The molecule has 0 aliphatic carbocycles. The molecule has 1 saturated heterocycles. The van der Waals surface area contributed by atoms with Crippen molar-refractivity contribution in [3.05, 3.63) is 54.1 Å². The maximum absolute atomic E-state index is 13.8. The van der Waals surface area contributed by atoms with E-state index in [0.717, 1.165) is 25.9 Å². The van der Waals surface area contributed by atoms with Crippen LogP contribution in [-0.4, -0.2) is 29.0 Å². The summed E-state index contributed by atoms with van der Waals surface area (Å²) in [5.41, 5.74) is 0.515. The molecular formula is C18H21FN4O. The summed E-state index contributed by atoms with van der Waals surface area (Å²) in [6.45, 7) is 3.30. The fourth-order valence-corrected chi connectivity index (χ4v) is 3.03. The van der Waals surface area contributed by atoms with Crippen LogP contribution in [0.25, 0.3) is 0 Å². The number of carbonyl (C=O) groups excluding carboxylic acids is 1. The van der Waals surface area contributed by atoms with Gasteiger partial charge in [-0.3, -0.25) is 4.79 Å². The second kappa shape index (κ2) is 7.38. The van der Waals surface area contributed by atoms with Gasteiger partial charge < -0.3 is 10.2 Å². The first-order chi connectivity index (χ1) is 11.6. The highest BCUT2D eigenvalue weighted by Crippen LogP contribution is 2.22. The number of piperidine rings is 1. The van der Waals surface area contributed by atoms with Gasteiger partial charge in [0.15, 0.2) is 0 Å². The first-order valence-corrected chi connectivity index (χ1v) is 8.22. The van der Waals surface area contributed by atoms with Crippen molar-refractivity contribution in [2.24, 2.45) is 5.92 Å². The lowest BCUT2D eigenvalue weighted by Gasteiger charge is -2.31. The van der Waals surface area contributed by atoms with Crippen molar-refractivity contribution >= 4 is 11.9 Å². The van der Waals surface area contributed by atoms with Gasteiger partial charge in [0.25, 0.3) is 0 Å². The van der Waals surface area contributed by atoms with Gasteiger partial charge in [0, 0.05) is 37.0 Å². The van der Waals surface area contributed by atoms with Gasteiger partial charge in [0.1, 0.15) is 5.82 Å². The van der Waals surface area contributed by atoms with Crippen LogP contribution in [0.2, 0.25) is 0 Å². The van der Waals surface area contributed by atoms with E-state index in [-0.39, 0.29) is 23.7 Å². The Labute approximate surface area is 140 Å². The molecule has 1 aromatic heterocycles. The number of aromatic nitrogens is 2. The van der Waals surface area contributed by atoms with Crippen LogP contribution in [0, 0.1) is 11.7 Å². The Bertz CT molecular complexity index is 686. The minimum absolute atomic E-state index is 0.0145. The molecule has 0 spiro atoms. The van der Waals surface area contributed by atoms with E-state index in [2.05, 4.69) is 20.2 Å². The number of nitrogens with zero attached hydrogens (tertiary/aromatic N) is 3. The predicted octanol–water partition coefficient (Wildman–Crippen LogP) is 2.71. The predicted molar refractivity (Wildman–Crippen MR) is 89.9 cm³/mol. The first kappa shape index (κ1) is 16.4. The van der Waals surface area contributed by atoms with Gasteiger partial charge in [-0.25, -0.2) is 14.4 Å². The van der Waals surface area contributed by atoms with Crippen LogP contribution in [0.15, 0.2) is 42.7 Å². The summed E-state index contributed by atoms with van der Waals surface area (Å²) in [5, 5.41) is 2.93. The van der Waals surface area contributed by atoms with Crippen molar-refractivity contribution in [2.75, 3.05) is 18.0 Å². The summed E-state index contributed by atoms with van der Waals surface area (Å²) in [6, 6.07) is 7.99. The minimum atomic E-state index is -0.339. The lowest BCUT2D eigenvalue weighted by molar-refractivity contribution is -0.126. The van der Waals surface area contributed by atoms with Crippen LogP contribution < -0.4 is 10.2 Å². The summed E-state index contributed by atoms with van der Waals surface area (Å²) < 4.78 is 13.8. The molecule has 1 unspecified atom stereocenters. The minimum Gasteiger partial charge on any atom is -0.349 e. The molecule has 0 bridgehead atoms. The smallest absolute Gasteiger partial charge is 0.225 e. The Kier molecular flexibility index (Phi) is 5.03. The molecule has 6 heteroatoms. The lowest BCUT2D eigenvalue weighted by atomic mass is 9.95. The SMILES string of the molecule is CC(NC(=O)C1CCN(c2ncccn2)CC1)c1ccccc1F. The Morgan fingerprint density at radius 1 is 1.21 bits per heavy atom. The Morgan fingerprint density at radius 3 is 2.54 bits per heavy atom. The van der Waals surface area contributed by atoms with Crippen molar-refractivity contribution in [1.82, 2.24) is 15.3 Å². The van der Waals surface area contributed by atoms with Gasteiger partial charge in [0.05, 0.1) is 6.04 Å². The highest BCUT2D eigenvalue weighted by molar-refractivity contribution is 5.79. The van der Waals surface area contributed by atoms with Gasteiger partial charge in [-0.2, -0.15) is 0 Å². The topological polar surface area (TPSA) is 58.1 Å². The molecule has 2 heterocycles. The van der Waals surface area contributed by atoms with E-state index in [1.54, 1.807) is 36.7 Å². The Hall–Kier alpha value is -2.50. The Balaban J connectivity index is 1.55. The van der Waals surface area contributed by atoms with Crippen molar-refractivity contribution in [3.63, 3.8) is 0 Å². The fourth-order valence-electron chi connectivity index (χ4n) is 3.03. The van der Waals surface area contributed by atoms with Gasteiger partial charge in [-0.15, -0.1) is 0 Å². The maximum atomic E-state index is 13.8. The van der Waals surface area contributed by atoms with Gasteiger partial charge >= 0.3 is 0 Å². The molecule has 1 N–H and O–H groups in total. The highest BCUT2D eigenvalue weighted by atomic mass is 19.1. The average molecular weight is 328 g/mol. The number of benzene rings is 1. The molecule has 1 amide bonds. The Morgan fingerprint density at radius 2 is 1.88 bits per heavy atom. The van der Waals surface area contributed by atoms with E-state index in [1.165, 1.54) is 6.07 Å². The molecule has 2 aromatic rings. The molecular weight excluding hydrogens is 307 g/mol. The standard InChI is InChI=1S/C18H21FN4O/c1-13(15-5-2-3-6-16(15)19)22-17(24)14-7-11-23(12-8-14)18-20-9-4-10-21-18/h2-6,9-10,13-14H,7-8,11-12H2,1H3,(H,22,24). The average Bonchev–Trinajstić information content (AvgIpc) is 2.63. The van der Waals surface area contributed by atoms with Crippen molar-refractivity contribution < 1.29 is 9.18 Å². The van der Waals surface area contributed by atoms with Crippen LogP contribution in [0.5, 0.6) is 0 Å². The maximum Gasteiger partial charge on any atom is 0.225 e. The largest absolute Gasteiger partial charge is 0.349 e. The molecule has 0 saturated carbocycles. The summed E-state index contributed by atoms with van der Waals surface area (Å²) in [6.07, 6.45) is 4.93. The second-order valence-electron chi connectivity index (χ2n) is 6.06. The van der Waals surface area contributed by atoms with Crippen LogP contribution in [0.3, 0.4) is 0 Å². The van der Waals surface area contributed by atoms with Crippen LogP contribution in [0.4, 0.5) is 10.3 Å². The molecule has 3 rings (SSSR count). The third-order valence-corrected chi connectivity index (χ3v) is 4.43. The number of halogens is 1. The van der Waals surface area contributed by atoms with Gasteiger partial charge in [-0.1, -0.05) is 18.2 Å². The summed E-state index contributed by atoms with van der Waals surface area (Å²) in [4.78, 5) is 23.0. The lowest BCUT2D eigenvalue weighted by Crippen LogP contribution is -2.41. The van der Waals surface area contributed by atoms with E-state index in [1.807, 2.05) is 6.92 Å². The fraction of sp³-hybridized carbons (Fsp3) is 0.389. The highest BCUT2D eigenvalue weighted by Gasteiger charge is 2.27. The number of rotatable bonds is 4. The second-order valence-corrected chi connectivity index (χ2v) is 6.06. The molecule has 1 atom stereocenters.